The van der Waals surface area contributed by atoms with Gasteiger partial charge in [0.2, 0.25) is 0 Å². The zero-order valence-corrected chi connectivity index (χ0v) is 14.0. The first kappa shape index (κ1) is 14.7. The molecule has 0 unspecified atom stereocenters. The molecule has 3 aliphatic heterocycles. The normalized spacial score (nSPS) is 17.5. The van der Waals surface area contributed by atoms with Gasteiger partial charge in [-0.25, -0.2) is 9.98 Å². The number of aromatic amines is 2. The molecule has 0 saturated heterocycles. The Bertz CT molecular complexity index is 1210. The van der Waals surface area contributed by atoms with Crippen molar-refractivity contribution in [2.45, 2.75) is 0 Å². The molecule has 0 saturated carbocycles. The number of nitrogens with one attached hydrogen (secondary N) is 2. The van der Waals surface area contributed by atoms with Gasteiger partial charge in [-0.3, -0.25) is 0 Å². The van der Waals surface area contributed by atoms with Crippen molar-refractivity contribution < 1.29 is 0 Å². The Morgan fingerprint density at radius 1 is 0.500 bits per heavy atom. The molecule has 2 aromatic heterocycles. The van der Waals surface area contributed by atoms with Crippen molar-refractivity contribution in [2.75, 3.05) is 0 Å². The van der Waals surface area contributed by atoms with E-state index < -0.39 is 0 Å². The Kier molecular flexibility index (Phi) is 3.39. The van der Waals surface area contributed by atoms with E-state index in [-0.39, 0.29) is 0 Å². The average Bonchev–Trinajstić information content (AvgIpc) is 3.40. The molecule has 0 spiro atoms. The van der Waals surface area contributed by atoms with E-state index in [4.69, 9.17) is 0 Å². The highest BCUT2D eigenvalue weighted by Crippen LogP contribution is 2.10. The zero-order valence-electron chi connectivity index (χ0n) is 14.0. The van der Waals surface area contributed by atoms with E-state index in [0.29, 0.717) is 0 Å². The van der Waals surface area contributed by atoms with Crippen LogP contribution in [0.4, 0.5) is 0 Å². The van der Waals surface area contributed by atoms with Crippen LogP contribution in [0.25, 0.3) is 24.3 Å². The lowest BCUT2D eigenvalue weighted by Gasteiger charge is -1.87. The van der Waals surface area contributed by atoms with E-state index in [0.717, 1.165) is 44.2 Å². The quantitative estimate of drug-likeness (QED) is 0.720. The maximum atomic E-state index is 4.63. The first-order chi connectivity index (χ1) is 12.8. The van der Waals surface area contributed by atoms with Crippen molar-refractivity contribution in [1.29, 1.82) is 0 Å². The fourth-order valence-corrected chi connectivity index (χ4v) is 3.03. The van der Waals surface area contributed by atoms with Gasteiger partial charge in [-0.05, 0) is 85.0 Å². The number of hydrogen-bond acceptors (Lipinski definition) is 2. The molecule has 2 N–H and O–H groups in total. The highest BCUT2D eigenvalue weighted by atomic mass is 14.8. The van der Waals surface area contributed by atoms with Crippen molar-refractivity contribution in [2.24, 2.45) is 9.98 Å². The van der Waals surface area contributed by atoms with Crippen LogP contribution in [-0.4, -0.2) is 21.4 Å². The Morgan fingerprint density at radius 3 is 1.46 bits per heavy atom. The van der Waals surface area contributed by atoms with E-state index >= 15 is 0 Å². The van der Waals surface area contributed by atoms with Gasteiger partial charge in [-0.1, -0.05) is 0 Å². The molecule has 0 aromatic carbocycles. The molecule has 4 heteroatoms. The topological polar surface area (TPSA) is 56.3 Å². The third-order valence-electron chi connectivity index (χ3n) is 4.30. The van der Waals surface area contributed by atoms with Crippen LogP contribution in [0.15, 0.2) is 82.1 Å². The standard InChI is InChI=1S/C22H16N4/c1-2-16-6-10-20(24-16)14-22-12-8-18(26-22)4-3-17-7-11-21(25-17)13-19-9-5-15(1)23-19/h1-14,23,26H. The molecule has 0 amide bonds. The summed E-state index contributed by atoms with van der Waals surface area (Å²) in [5.74, 6) is 0. The summed E-state index contributed by atoms with van der Waals surface area (Å²) in [5.41, 5.74) is 3.75. The predicted octanol–water partition coefficient (Wildman–Crippen LogP) is 0.968. The molecule has 0 radical (unpaired) electrons. The van der Waals surface area contributed by atoms with Crippen LogP contribution in [0.2, 0.25) is 0 Å². The van der Waals surface area contributed by atoms with Crippen LogP contribution in [0.3, 0.4) is 0 Å². The van der Waals surface area contributed by atoms with Crippen LogP contribution < -0.4 is 21.4 Å². The first-order valence-electron chi connectivity index (χ1n) is 8.51. The molecule has 0 fully saturated rings. The van der Waals surface area contributed by atoms with Gasteiger partial charge in [0, 0.05) is 21.4 Å². The van der Waals surface area contributed by atoms with E-state index in [1.54, 1.807) is 0 Å². The van der Waals surface area contributed by atoms with Crippen molar-refractivity contribution >= 4 is 35.7 Å². The average molecular weight is 336 g/mol. The van der Waals surface area contributed by atoms with E-state index in [1.165, 1.54) is 0 Å². The van der Waals surface area contributed by atoms with Crippen LogP contribution in [0.1, 0.15) is 0 Å². The fourth-order valence-electron chi connectivity index (χ4n) is 3.03. The maximum Gasteiger partial charge on any atom is 0.0658 e. The van der Waals surface area contributed by atoms with Crippen LogP contribution in [-0.2, 0) is 0 Å². The number of H-pyrrole nitrogens is 2. The summed E-state index contributed by atoms with van der Waals surface area (Å²) in [7, 11) is 0. The maximum absolute atomic E-state index is 4.63. The molecule has 5 heterocycles. The lowest BCUT2D eigenvalue weighted by molar-refractivity contribution is 1.27. The van der Waals surface area contributed by atoms with Crippen LogP contribution in [0, 0.1) is 0 Å². The van der Waals surface area contributed by atoms with Crippen molar-refractivity contribution in [3.63, 3.8) is 0 Å². The highest BCUT2D eigenvalue weighted by Gasteiger charge is 2.02. The summed E-state index contributed by atoms with van der Waals surface area (Å²) in [6.07, 6.45) is 20.3. The molecular formula is C22H16N4. The molecule has 0 aliphatic carbocycles. The third-order valence-corrected chi connectivity index (χ3v) is 4.30. The smallest absolute Gasteiger partial charge is 0.0658 e. The zero-order chi connectivity index (χ0) is 17.3. The second-order valence-corrected chi connectivity index (χ2v) is 6.28. The Labute approximate surface area is 149 Å². The second kappa shape index (κ2) is 6.01. The number of aliphatic imine (C=N–C) groups is 2. The minimum absolute atomic E-state index is 0.936. The number of fused-ring (bicyclic) bond motifs is 6. The van der Waals surface area contributed by atoms with E-state index in [1.807, 2.05) is 60.8 Å². The summed E-state index contributed by atoms with van der Waals surface area (Å²) >= 11 is 0. The van der Waals surface area contributed by atoms with E-state index in [2.05, 4.69) is 44.2 Å². The molecule has 4 nitrogen and oxygen atoms in total. The SMILES string of the molecule is C1=CC2=NC1=CC=c1ccc([nH]1)=CC1=NC(=CC=c3ccc([nH]3)=C2)C=C1. The monoisotopic (exact) mass is 336 g/mol. The molecule has 2 aromatic rings. The Hall–Kier alpha value is -3.66. The third kappa shape index (κ3) is 3.00. The van der Waals surface area contributed by atoms with Gasteiger partial charge in [-0.2, -0.15) is 0 Å². The van der Waals surface area contributed by atoms with Gasteiger partial charge in [0.15, 0.2) is 0 Å². The van der Waals surface area contributed by atoms with Gasteiger partial charge in [0.25, 0.3) is 0 Å². The summed E-state index contributed by atoms with van der Waals surface area (Å²) < 4.78 is 0. The fraction of sp³-hybridized carbons (Fsp3) is 0. The number of aromatic nitrogens is 2. The molecular weight excluding hydrogens is 320 g/mol. The van der Waals surface area contributed by atoms with Crippen molar-refractivity contribution in [3.8, 4) is 0 Å². The molecule has 124 valence electrons. The largest absolute Gasteiger partial charge is 0.355 e. The Morgan fingerprint density at radius 2 is 0.962 bits per heavy atom. The van der Waals surface area contributed by atoms with Gasteiger partial charge >= 0.3 is 0 Å². The Balaban J connectivity index is 1.70. The van der Waals surface area contributed by atoms with Crippen molar-refractivity contribution in [1.82, 2.24) is 9.97 Å². The van der Waals surface area contributed by atoms with Crippen LogP contribution >= 0.6 is 0 Å². The second-order valence-electron chi connectivity index (χ2n) is 6.28. The highest BCUT2D eigenvalue weighted by molar-refractivity contribution is 6.19. The van der Waals surface area contributed by atoms with Gasteiger partial charge in [0.1, 0.15) is 0 Å². The lowest BCUT2D eigenvalue weighted by Crippen LogP contribution is -2.10. The van der Waals surface area contributed by atoms with E-state index in [9.17, 15) is 0 Å². The summed E-state index contributed by atoms with van der Waals surface area (Å²) in [4.78, 5) is 16.0. The van der Waals surface area contributed by atoms with Crippen LogP contribution in [0.5, 0.6) is 0 Å². The number of allylic oxidation sites excluding steroid dienone is 6. The van der Waals surface area contributed by atoms with Gasteiger partial charge < -0.3 is 9.97 Å². The summed E-state index contributed by atoms with van der Waals surface area (Å²) in [6, 6.07) is 8.21. The number of hydrogen-bond donors (Lipinski definition) is 2. The molecule has 3 aliphatic rings. The molecule has 26 heavy (non-hydrogen) atoms. The summed E-state index contributed by atoms with van der Waals surface area (Å²) in [5, 5.41) is 4.12. The molecule has 5 rings (SSSR count). The van der Waals surface area contributed by atoms with Gasteiger partial charge in [0.05, 0.1) is 22.8 Å². The molecule has 8 bridgehead atoms. The minimum atomic E-state index is 0.936. The van der Waals surface area contributed by atoms with Crippen molar-refractivity contribution in [3.05, 3.63) is 93.5 Å². The lowest BCUT2D eigenvalue weighted by atomic mass is 10.3. The van der Waals surface area contributed by atoms with Gasteiger partial charge in [-0.15, -0.1) is 0 Å². The number of rotatable bonds is 0. The number of nitrogens with zero attached hydrogens (tertiary/aromatic N) is 2. The first-order valence-corrected chi connectivity index (χ1v) is 8.51. The minimum Gasteiger partial charge on any atom is -0.355 e. The summed E-state index contributed by atoms with van der Waals surface area (Å²) in [6.45, 7) is 0. The molecule has 0 atom stereocenters. The predicted molar refractivity (Wildman–Crippen MR) is 107 cm³/mol.